The lowest BCUT2D eigenvalue weighted by atomic mass is 10.2. The molecular formula is C12H12BrN3OS. The predicted octanol–water partition coefficient (Wildman–Crippen LogP) is 2.29. The molecule has 0 unspecified atom stereocenters. The van der Waals surface area contributed by atoms with Crippen LogP contribution in [0.1, 0.15) is 20.9 Å². The lowest BCUT2D eigenvalue weighted by Crippen LogP contribution is -2.23. The Morgan fingerprint density at radius 3 is 3.00 bits per heavy atom. The van der Waals surface area contributed by atoms with Gasteiger partial charge in [0.15, 0.2) is 0 Å². The van der Waals surface area contributed by atoms with E-state index in [0.717, 1.165) is 14.9 Å². The molecular weight excluding hydrogens is 314 g/mol. The Labute approximate surface area is 117 Å². The van der Waals surface area contributed by atoms with Gasteiger partial charge in [0.2, 0.25) is 0 Å². The van der Waals surface area contributed by atoms with Crippen molar-refractivity contribution in [2.75, 3.05) is 0 Å². The van der Waals surface area contributed by atoms with E-state index in [1.807, 2.05) is 11.4 Å². The number of hydrogen-bond acceptors (Lipinski definition) is 4. The van der Waals surface area contributed by atoms with Crippen molar-refractivity contribution >= 4 is 33.2 Å². The molecule has 0 fully saturated rings. The van der Waals surface area contributed by atoms with Crippen LogP contribution in [0.4, 0.5) is 0 Å². The fourth-order valence-electron chi connectivity index (χ4n) is 1.43. The van der Waals surface area contributed by atoms with E-state index in [2.05, 4.69) is 26.2 Å². The average molecular weight is 326 g/mol. The van der Waals surface area contributed by atoms with Crippen molar-refractivity contribution in [2.24, 2.45) is 5.73 Å². The molecule has 94 valence electrons. The minimum atomic E-state index is -0.185. The monoisotopic (exact) mass is 325 g/mol. The summed E-state index contributed by atoms with van der Waals surface area (Å²) in [4.78, 5) is 17.0. The Kier molecular flexibility index (Phi) is 4.46. The molecule has 4 nitrogen and oxygen atoms in total. The molecule has 18 heavy (non-hydrogen) atoms. The van der Waals surface area contributed by atoms with E-state index in [1.165, 1.54) is 0 Å². The van der Waals surface area contributed by atoms with E-state index in [-0.39, 0.29) is 5.91 Å². The molecule has 3 N–H and O–H groups in total. The van der Waals surface area contributed by atoms with E-state index in [4.69, 9.17) is 5.73 Å². The number of amides is 1. The molecule has 6 heteroatoms. The molecule has 0 aliphatic rings. The van der Waals surface area contributed by atoms with Crippen LogP contribution in [-0.4, -0.2) is 10.9 Å². The number of nitrogens with zero attached hydrogens (tertiary/aromatic N) is 1. The average Bonchev–Trinajstić information content (AvgIpc) is 2.82. The fourth-order valence-corrected chi connectivity index (χ4v) is 2.82. The SMILES string of the molecule is NCc1ccnc(C(=O)NCc2cc(Br)cs2)c1. The van der Waals surface area contributed by atoms with Gasteiger partial charge >= 0.3 is 0 Å². The maximum Gasteiger partial charge on any atom is 0.270 e. The lowest BCUT2D eigenvalue weighted by molar-refractivity contribution is 0.0946. The third-order valence-corrected chi connectivity index (χ3v) is 4.04. The highest BCUT2D eigenvalue weighted by Gasteiger charge is 2.08. The molecule has 2 rings (SSSR count). The van der Waals surface area contributed by atoms with Crippen LogP contribution in [0, 0.1) is 0 Å². The van der Waals surface area contributed by atoms with Crippen LogP contribution in [0.2, 0.25) is 0 Å². The van der Waals surface area contributed by atoms with Crippen molar-refractivity contribution in [2.45, 2.75) is 13.1 Å². The highest BCUT2D eigenvalue weighted by molar-refractivity contribution is 9.10. The first-order valence-corrected chi connectivity index (χ1v) is 7.02. The van der Waals surface area contributed by atoms with E-state index in [0.29, 0.717) is 18.8 Å². The zero-order valence-electron chi connectivity index (χ0n) is 9.52. The van der Waals surface area contributed by atoms with Gasteiger partial charge in [0, 0.05) is 27.5 Å². The number of nitrogens with one attached hydrogen (secondary N) is 1. The Bertz CT molecular complexity index is 556. The summed E-state index contributed by atoms with van der Waals surface area (Å²) < 4.78 is 1.03. The predicted molar refractivity (Wildman–Crippen MR) is 75.3 cm³/mol. The first-order valence-electron chi connectivity index (χ1n) is 5.35. The third kappa shape index (κ3) is 3.38. The summed E-state index contributed by atoms with van der Waals surface area (Å²) in [5.74, 6) is -0.185. The van der Waals surface area contributed by atoms with Crippen LogP contribution >= 0.6 is 27.3 Å². The molecule has 0 aliphatic heterocycles. The fraction of sp³-hybridized carbons (Fsp3) is 0.167. The van der Waals surface area contributed by atoms with Crippen molar-refractivity contribution in [1.29, 1.82) is 0 Å². The van der Waals surface area contributed by atoms with Crippen LogP contribution < -0.4 is 11.1 Å². The van der Waals surface area contributed by atoms with Gasteiger partial charge in [-0.1, -0.05) is 0 Å². The van der Waals surface area contributed by atoms with Gasteiger partial charge in [-0.25, -0.2) is 0 Å². The second-order valence-corrected chi connectivity index (χ2v) is 5.58. The minimum Gasteiger partial charge on any atom is -0.346 e. The van der Waals surface area contributed by atoms with Crippen molar-refractivity contribution in [3.05, 3.63) is 50.4 Å². The molecule has 1 amide bonds. The summed E-state index contributed by atoms with van der Waals surface area (Å²) in [6, 6.07) is 5.49. The van der Waals surface area contributed by atoms with E-state index in [9.17, 15) is 4.79 Å². The van der Waals surface area contributed by atoms with Crippen molar-refractivity contribution in [3.63, 3.8) is 0 Å². The van der Waals surface area contributed by atoms with Crippen molar-refractivity contribution in [3.8, 4) is 0 Å². The zero-order chi connectivity index (χ0) is 13.0. The maximum atomic E-state index is 11.9. The van der Waals surface area contributed by atoms with Crippen LogP contribution in [-0.2, 0) is 13.1 Å². The Hall–Kier alpha value is -1.24. The summed E-state index contributed by atoms with van der Waals surface area (Å²) in [5, 5.41) is 4.81. The van der Waals surface area contributed by atoms with Crippen LogP contribution in [0.3, 0.4) is 0 Å². The van der Waals surface area contributed by atoms with Gasteiger partial charge in [-0.3, -0.25) is 9.78 Å². The summed E-state index contributed by atoms with van der Waals surface area (Å²) in [7, 11) is 0. The molecule has 0 spiro atoms. The number of halogens is 1. The van der Waals surface area contributed by atoms with Gasteiger partial charge in [0.05, 0.1) is 6.54 Å². The van der Waals surface area contributed by atoms with E-state index < -0.39 is 0 Å². The van der Waals surface area contributed by atoms with E-state index in [1.54, 1.807) is 29.7 Å². The first kappa shape index (κ1) is 13.2. The molecule has 2 heterocycles. The van der Waals surface area contributed by atoms with Crippen molar-refractivity contribution in [1.82, 2.24) is 10.3 Å². The number of thiophene rings is 1. The molecule has 2 aromatic rings. The molecule has 0 radical (unpaired) electrons. The summed E-state index contributed by atoms with van der Waals surface area (Å²) in [5.41, 5.74) is 6.82. The minimum absolute atomic E-state index is 0.185. The standard InChI is InChI=1S/C12H12BrN3OS/c13-9-4-10(18-7-9)6-16-12(17)11-3-8(5-14)1-2-15-11/h1-4,7H,5-6,14H2,(H,16,17). The normalized spacial score (nSPS) is 10.3. The number of rotatable bonds is 4. The lowest BCUT2D eigenvalue weighted by Gasteiger charge is -2.04. The van der Waals surface area contributed by atoms with Crippen LogP contribution in [0.15, 0.2) is 34.2 Å². The van der Waals surface area contributed by atoms with Gasteiger partial charge in [-0.05, 0) is 39.7 Å². The molecule has 0 saturated carbocycles. The smallest absolute Gasteiger partial charge is 0.270 e. The van der Waals surface area contributed by atoms with Gasteiger partial charge in [0.1, 0.15) is 5.69 Å². The number of carbonyl (C=O) groups is 1. The highest BCUT2D eigenvalue weighted by atomic mass is 79.9. The molecule has 0 bridgehead atoms. The number of nitrogens with two attached hydrogens (primary N) is 1. The number of pyridine rings is 1. The Morgan fingerprint density at radius 2 is 2.33 bits per heavy atom. The van der Waals surface area contributed by atoms with Crippen LogP contribution in [0.25, 0.3) is 0 Å². The van der Waals surface area contributed by atoms with Crippen molar-refractivity contribution < 1.29 is 4.79 Å². The summed E-state index contributed by atoms with van der Waals surface area (Å²) in [6.45, 7) is 0.907. The highest BCUT2D eigenvalue weighted by Crippen LogP contribution is 2.19. The Balaban J connectivity index is 1.99. The first-order chi connectivity index (χ1) is 8.69. The maximum absolute atomic E-state index is 11.9. The largest absolute Gasteiger partial charge is 0.346 e. The molecule has 2 aromatic heterocycles. The number of carbonyl (C=O) groups excluding carboxylic acids is 1. The van der Waals surface area contributed by atoms with Gasteiger partial charge in [0.25, 0.3) is 5.91 Å². The summed E-state index contributed by atoms with van der Waals surface area (Å²) >= 11 is 4.97. The number of hydrogen-bond donors (Lipinski definition) is 2. The quantitative estimate of drug-likeness (QED) is 0.906. The van der Waals surface area contributed by atoms with Gasteiger partial charge in [-0.15, -0.1) is 11.3 Å². The van der Waals surface area contributed by atoms with E-state index >= 15 is 0 Å². The molecule has 0 aromatic carbocycles. The van der Waals surface area contributed by atoms with Gasteiger partial charge < -0.3 is 11.1 Å². The Morgan fingerprint density at radius 1 is 1.50 bits per heavy atom. The number of aromatic nitrogens is 1. The third-order valence-electron chi connectivity index (χ3n) is 2.34. The second-order valence-electron chi connectivity index (χ2n) is 3.67. The van der Waals surface area contributed by atoms with Crippen LogP contribution in [0.5, 0.6) is 0 Å². The van der Waals surface area contributed by atoms with Gasteiger partial charge in [-0.2, -0.15) is 0 Å². The molecule has 0 aliphatic carbocycles. The zero-order valence-corrected chi connectivity index (χ0v) is 11.9. The second kappa shape index (κ2) is 6.08. The summed E-state index contributed by atoms with van der Waals surface area (Å²) in [6.07, 6.45) is 1.60. The molecule has 0 saturated heterocycles. The molecule has 0 atom stereocenters. The topological polar surface area (TPSA) is 68.0 Å².